The molecule has 8 nitrogen and oxygen atoms in total. The number of rotatable bonds is 4. The van der Waals surface area contributed by atoms with Gasteiger partial charge in [-0.1, -0.05) is 6.07 Å². The summed E-state index contributed by atoms with van der Waals surface area (Å²) in [5, 5.41) is 0. The number of hydrogen-bond acceptors (Lipinski definition) is 7. The fourth-order valence-corrected chi connectivity index (χ4v) is 5.35. The van der Waals surface area contributed by atoms with Crippen molar-refractivity contribution in [1.29, 1.82) is 0 Å². The molecule has 0 N–H and O–H groups in total. The summed E-state index contributed by atoms with van der Waals surface area (Å²) in [6, 6.07) is 11.8. The van der Waals surface area contributed by atoms with Gasteiger partial charge in [0, 0.05) is 31.7 Å². The van der Waals surface area contributed by atoms with Crippen molar-refractivity contribution in [3.63, 3.8) is 0 Å². The molecule has 0 saturated carbocycles. The predicted molar refractivity (Wildman–Crippen MR) is 105 cm³/mol. The van der Waals surface area contributed by atoms with Gasteiger partial charge in [-0.15, -0.1) is 0 Å². The Morgan fingerprint density at radius 1 is 1.04 bits per heavy atom. The largest absolute Gasteiger partial charge is 0.497 e. The summed E-state index contributed by atoms with van der Waals surface area (Å²) in [7, 11) is -2.13. The summed E-state index contributed by atoms with van der Waals surface area (Å²) in [6.07, 6.45) is 0. The maximum absolute atomic E-state index is 13.1. The third-order valence-electron chi connectivity index (χ3n) is 4.73. The minimum Gasteiger partial charge on any atom is -0.497 e. The summed E-state index contributed by atoms with van der Waals surface area (Å²) in [6.45, 7) is 1.13. The molecule has 1 saturated heterocycles. The number of sulfonamides is 1. The predicted octanol–water partition coefficient (Wildman–Crippen LogP) is 1.85. The topological polar surface area (TPSA) is 92.7 Å². The number of methoxy groups -OCH3 is 1. The van der Waals surface area contributed by atoms with E-state index < -0.39 is 10.0 Å². The normalized spacial score (nSPS) is 15.7. The molecular formula is C18H18N4O4S2. The summed E-state index contributed by atoms with van der Waals surface area (Å²) in [5.41, 5.74) is 1.51. The Morgan fingerprint density at radius 3 is 2.43 bits per heavy atom. The highest BCUT2D eigenvalue weighted by Gasteiger charge is 2.32. The smallest absolute Gasteiger partial charge is 0.253 e. The minimum absolute atomic E-state index is 0.120. The van der Waals surface area contributed by atoms with Crippen LogP contribution in [0.25, 0.3) is 11.0 Å². The van der Waals surface area contributed by atoms with Gasteiger partial charge in [-0.05, 0) is 36.4 Å². The van der Waals surface area contributed by atoms with Crippen molar-refractivity contribution in [2.24, 2.45) is 0 Å². The maximum Gasteiger partial charge on any atom is 0.253 e. The average molecular weight is 419 g/mol. The van der Waals surface area contributed by atoms with Crippen LogP contribution < -0.4 is 4.74 Å². The zero-order chi connectivity index (χ0) is 19.7. The molecule has 4 rings (SSSR count). The van der Waals surface area contributed by atoms with Crippen LogP contribution in [0.3, 0.4) is 0 Å². The summed E-state index contributed by atoms with van der Waals surface area (Å²) in [4.78, 5) is 14.5. The van der Waals surface area contributed by atoms with Crippen molar-refractivity contribution in [2.75, 3.05) is 33.3 Å². The molecule has 0 radical (unpaired) electrons. The summed E-state index contributed by atoms with van der Waals surface area (Å²) < 4.78 is 40.9. The first-order valence-electron chi connectivity index (χ1n) is 8.65. The van der Waals surface area contributed by atoms with E-state index in [0.717, 1.165) is 11.7 Å². The van der Waals surface area contributed by atoms with Crippen molar-refractivity contribution in [2.45, 2.75) is 4.90 Å². The highest BCUT2D eigenvalue weighted by Crippen LogP contribution is 2.25. The highest BCUT2D eigenvalue weighted by atomic mass is 32.2. The molecule has 0 bridgehead atoms. The molecule has 0 atom stereocenters. The number of amides is 1. The SMILES string of the molecule is COc1ccc(C(=O)N2CCN(S(=O)(=O)c3cccc4nsnc34)CC2)cc1. The molecule has 1 aliphatic heterocycles. The number of fused-ring (bicyclic) bond motifs is 1. The molecule has 146 valence electrons. The number of carbonyl (C=O) groups excluding carboxylic acids is 1. The van der Waals surface area contributed by atoms with E-state index in [0.29, 0.717) is 35.4 Å². The van der Waals surface area contributed by atoms with Crippen LogP contribution in [-0.4, -0.2) is 65.6 Å². The number of piperazine rings is 1. The number of benzene rings is 2. The van der Waals surface area contributed by atoms with E-state index in [1.54, 1.807) is 54.5 Å². The zero-order valence-corrected chi connectivity index (χ0v) is 16.7. The van der Waals surface area contributed by atoms with Crippen molar-refractivity contribution in [3.05, 3.63) is 48.0 Å². The van der Waals surface area contributed by atoms with Crippen LogP contribution in [0.5, 0.6) is 5.75 Å². The van der Waals surface area contributed by atoms with Gasteiger partial charge >= 0.3 is 0 Å². The Morgan fingerprint density at radius 2 is 1.75 bits per heavy atom. The molecule has 28 heavy (non-hydrogen) atoms. The van der Waals surface area contributed by atoms with E-state index in [1.165, 1.54) is 4.31 Å². The molecule has 1 fully saturated rings. The van der Waals surface area contributed by atoms with E-state index in [4.69, 9.17) is 4.74 Å². The van der Waals surface area contributed by atoms with Gasteiger partial charge in [0.2, 0.25) is 10.0 Å². The van der Waals surface area contributed by atoms with Gasteiger partial charge < -0.3 is 9.64 Å². The zero-order valence-electron chi connectivity index (χ0n) is 15.1. The van der Waals surface area contributed by atoms with Crippen molar-refractivity contribution in [1.82, 2.24) is 18.0 Å². The third kappa shape index (κ3) is 3.34. The second kappa shape index (κ2) is 7.46. The van der Waals surface area contributed by atoms with Gasteiger partial charge in [-0.3, -0.25) is 4.79 Å². The van der Waals surface area contributed by atoms with Crippen LogP contribution >= 0.6 is 11.7 Å². The number of nitrogens with zero attached hydrogens (tertiary/aromatic N) is 4. The lowest BCUT2D eigenvalue weighted by Crippen LogP contribution is -2.50. The summed E-state index contributed by atoms with van der Waals surface area (Å²) in [5.74, 6) is 0.559. The van der Waals surface area contributed by atoms with Gasteiger partial charge in [0.1, 0.15) is 21.7 Å². The number of carbonyl (C=O) groups is 1. The van der Waals surface area contributed by atoms with Gasteiger partial charge in [0.05, 0.1) is 18.8 Å². The maximum atomic E-state index is 13.1. The Hall–Kier alpha value is -2.56. The Bertz CT molecular complexity index is 1100. The first-order valence-corrected chi connectivity index (χ1v) is 10.8. The van der Waals surface area contributed by atoms with Gasteiger partial charge in [-0.25, -0.2) is 8.42 Å². The molecule has 1 amide bonds. The average Bonchev–Trinajstić information content (AvgIpc) is 3.22. The fraction of sp³-hybridized carbons (Fsp3) is 0.278. The van der Waals surface area contributed by atoms with E-state index >= 15 is 0 Å². The second-order valence-corrected chi connectivity index (χ2v) is 8.75. The van der Waals surface area contributed by atoms with Gasteiger partial charge in [0.15, 0.2) is 0 Å². The van der Waals surface area contributed by atoms with E-state index in [2.05, 4.69) is 8.75 Å². The lowest BCUT2D eigenvalue weighted by atomic mass is 10.2. The molecule has 10 heteroatoms. The number of aromatic nitrogens is 2. The molecule has 0 spiro atoms. The van der Waals surface area contributed by atoms with Crippen LogP contribution in [0.15, 0.2) is 47.4 Å². The van der Waals surface area contributed by atoms with Gasteiger partial charge in [-0.2, -0.15) is 13.1 Å². The van der Waals surface area contributed by atoms with Crippen LogP contribution in [0.1, 0.15) is 10.4 Å². The third-order valence-corrected chi connectivity index (χ3v) is 7.20. The molecule has 0 unspecified atom stereocenters. The number of hydrogen-bond donors (Lipinski definition) is 0. The molecule has 1 aromatic heterocycles. The van der Waals surface area contributed by atoms with Crippen LogP contribution in [0.4, 0.5) is 0 Å². The van der Waals surface area contributed by atoms with Crippen molar-refractivity contribution in [3.8, 4) is 5.75 Å². The van der Waals surface area contributed by atoms with E-state index in [-0.39, 0.29) is 23.9 Å². The van der Waals surface area contributed by atoms with Gasteiger partial charge in [0.25, 0.3) is 5.91 Å². The Balaban J connectivity index is 1.49. The molecule has 2 aromatic carbocycles. The van der Waals surface area contributed by atoms with Crippen LogP contribution in [-0.2, 0) is 10.0 Å². The van der Waals surface area contributed by atoms with E-state index in [1.807, 2.05) is 0 Å². The minimum atomic E-state index is -3.70. The molecule has 1 aliphatic rings. The first kappa shape index (κ1) is 18.8. The highest BCUT2D eigenvalue weighted by molar-refractivity contribution is 7.89. The molecule has 2 heterocycles. The summed E-state index contributed by atoms with van der Waals surface area (Å²) >= 11 is 0.990. The van der Waals surface area contributed by atoms with Crippen molar-refractivity contribution < 1.29 is 17.9 Å². The quantitative estimate of drug-likeness (QED) is 0.642. The van der Waals surface area contributed by atoms with Crippen LogP contribution in [0.2, 0.25) is 0 Å². The monoisotopic (exact) mass is 418 g/mol. The van der Waals surface area contributed by atoms with Crippen LogP contribution in [0, 0.1) is 0 Å². The lowest BCUT2D eigenvalue weighted by molar-refractivity contribution is 0.0698. The Kier molecular flexibility index (Phi) is 5.00. The Labute approximate surface area is 166 Å². The lowest BCUT2D eigenvalue weighted by Gasteiger charge is -2.34. The molecule has 0 aliphatic carbocycles. The van der Waals surface area contributed by atoms with E-state index in [9.17, 15) is 13.2 Å². The fourth-order valence-electron chi connectivity index (χ4n) is 3.18. The second-order valence-electron chi connectivity index (χ2n) is 6.31. The standard InChI is InChI=1S/C18H18N4O4S2/c1-26-14-7-5-13(6-8-14)18(23)21-9-11-22(12-10-21)28(24,25)16-4-2-3-15-17(16)20-27-19-15/h2-8H,9-12H2,1H3. The molecule has 3 aromatic rings. The number of ether oxygens (including phenoxy) is 1. The molecular weight excluding hydrogens is 400 g/mol. The first-order chi connectivity index (χ1) is 13.5. The van der Waals surface area contributed by atoms with Crippen molar-refractivity contribution >= 4 is 38.7 Å².